The van der Waals surface area contributed by atoms with Crippen molar-refractivity contribution in [2.24, 2.45) is 5.16 Å². The lowest BCUT2D eigenvalue weighted by Crippen LogP contribution is -2.71. The van der Waals surface area contributed by atoms with Crippen LogP contribution in [0.25, 0.3) is 0 Å². The lowest BCUT2D eigenvalue weighted by molar-refractivity contribution is -0.153. The molecule has 44 heavy (non-hydrogen) atoms. The molecule has 2 aliphatic rings. The van der Waals surface area contributed by atoms with Crippen molar-refractivity contribution in [1.82, 2.24) is 19.6 Å². The maximum Gasteiger partial charge on any atom is 0.414 e. The summed E-state index contributed by atoms with van der Waals surface area (Å²) in [5.74, 6) is -1.65. The minimum atomic E-state index is -1.35. The third-order valence-electron chi connectivity index (χ3n) is 5.88. The summed E-state index contributed by atoms with van der Waals surface area (Å²) in [6.07, 6.45) is -0.805. The normalized spacial score (nSPS) is 18.2. The Morgan fingerprint density at radius 1 is 1.23 bits per heavy atom. The van der Waals surface area contributed by atoms with Crippen molar-refractivity contribution in [3.63, 3.8) is 0 Å². The highest BCUT2D eigenvalue weighted by molar-refractivity contribution is 8.00. The molecule has 14 nitrogen and oxygen atoms in total. The average molecular weight is 671 g/mol. The number of amides is 3. The van der Waals surface area contributed by atoms with Crippen molar-refractivity contribution < 1.29 is 42.6 Å². The molecule has 2 N–H and O–H groups in total. The molecule has 2 unspecified atom stereocenters. The zero-order chi connectivity index (χ0) is 32.0. The van der Waals surface area contributed by atoms with Gasteiger partial charge >= 0.3 is 12.1 Å². The van der Waals surface area contributed by atoms with E-state index in [9.17, 15) is 23.6 Å². The van der Waals surface area contributed by atoms with E-state index in [2.05, 4.69) is 30.0 Å². The number of halogens is 2. The first-order chi connectivity index (χ1) is 20.9. The fourth-order valence-corrected chi connectivity index (χ4v) is 6.19. The predicted molar refractivity (Wildman–Crippen MR) is 159 cm³/mol. The summed E-state index contributed by atoms with van der Waals surface area (Å²) in [7, 11) is 1.54. The van der Waals surface area contributed by atoms with Gasteiger partial charge in [0, 0.05) is 23.2 Å². The quantitative estimate of drug-likeness (QED) is 0.118. The minimum Gasteiger partial charge on any atom is -0.497 e. The number of anilines is 1. The molecule has 0 spiro atoms. The minimum absolute atomic E-state index is 0.0139. The number of esters is 1. The molecule has 18 heteroatoms. The summed E-state index contributed by atoms with van der Waals surface area (Å²) in [5.41, 5.74) is -0.0927. The van der Waals surface area contributed by atoms with Gasteiger partial charge in [0.15, 0.2) is 0 Å². The topological polar surface area (TPSA) is 171 Å². The van der Waals surface area contributed by atoms with Gasteiger partial charge in [-0.05, 0) is 44.0 Å². The number of β-lactam (4-membered cyclic amide) rings is 1. The fraction of sp³-hybridized carbons (Fsp3) is 0.423. The number of methoxy groups -OCH3 is 1. The summed E-state index contributed by atoms with van der Waals surface area (Å²) in [5, 5.41) is 7.67. The van der Waals surface area contributed by atoms with Crippen molar-refractivity contribution in [3.05, 3.63) is 46.9 Å². The number of alkyl halides is 2. The number of hydrogen-bond acceptors (Lipinski definition) is 13. The van der Waals surface area contributed by atoms with Crippen LogP contribution in [0, 0.1) is 0 Å². The van der Waals surface area contributed by atoms with Crippen LogP contribution in [0.3, 0.4) is 0 Å². The van der Waals surface area contributed by atoms with E-state index < -0.39 is 53.5 Å². The van der Waals surface area contributed by atoms with Gasteiger partial charge < -0.3 is 24.4 Å². The van der Waals surface area contributed by atoms with E-state index in [1.807, 2.05) is 0 Å². The highest BCUT2D eigenvalue weighted by Gasteiger charge is 2.54. The second-order valence-corrected chi connectivity index (χ2v) is 12.2. The van der Waals surface area contributed by atoms with Gasteiger partial charge in [-0.15, -0.1) is 23.4 Å². The Balaban J connectivity index is 1.44. The molecule has 1 aromatic carbocycles. The molecule has 0 radical (unpaired) electrons. The molecule has 3 heterocycles. The number of nitrogens with one attached hydrogen (secondary N) is 2. The van der Waals surface area contributed by atoms with Gasteiger partial charge in [0.25, 0.3) is 18.7 Å². The summed E-state index contributed by atoms with van der Waals surface area (Å²) in [4.78, 5) is 61.3. The lowest BCUT2D eigenvalue weighted by Gasteiger charge is -2.49. The predicted octanol–water partition coefficient (Wildman–Crippen LogP) is 3.18. The third-order valence-corrected chi connectivity index (χ3v) is 8.18. The van der Waals surface area contributed by atoms with E-state index in [1.54, 1.807) is 45.0 Å². The van der Waals surface area contributed by atoms with Gasteiger partial charge in [-0.3, -0.25) is 19.8 Å². The van der Waals surface area contributed by atoms with Crippen LogP contribution in [0.15, 0.2) is 40.7 Å². The fourth-order valence-electron chi connectivity index (χ4n) is 3.96. The molecule has 0 bridgehead atoms. The number of thioether (sulfide) groups is 1. The Kier molecular flexibility index (Phi) is 10.6. The molecule has 1 saturated heterocycles. The highest BCUT2D eigenvalue weighted by Crippen LogP contribution is 2.41. The number of aromatic nitrogens is 2. The molecule has 2 aliphatic heterocycles. The molecule has 0 saturated carbocycles. The van der Waals surface area contributed by atoms with Crippen LogP contribution in [-0.4, -0.2) is 86.5 Å². The molecule has 236 valence electrons. The Bertz CT molecular complexity index is 1480. The second kappa shape index (κ2) is 14.2. The van der Waals surface area contributed by atoms with E-state index in [0.29, 0.717) is 34.2 Å². The highest BCUT2D eigenvalue weighted by atomic mass is 35.5. The molecule has 1 fully saturated rings. The average Bonchev–Trinajstić information content (AvgIpc) is 3.44. The Morgan fingerprint density at radius 2 is 1.95 bits per heavy atom. The van der Waals surface area contributed by atoms with Crippen LogP contribution in [-0.2, 0) is 35.3 Å². The van der Waals surface area contributed by atoms with Crippen molar-refractivity contribution in [3.8, 4) is 5.75 Å². The SMILES string of the molecule is COc1ccc(COC(=O)C2=C(CCl)CSC3C(NC(=O)/C(=N\OCF)c4nsc(NC(=O)OC(C)(C)C)n4)C(=O)N23)cc1. The number of ether oxygens (including phenoxy) is 3. The van der Waals surface area contributed by atoms with Crippen LogP contribution in [0.5, 0.6) is 5.75 Å². The van der Waals surface area contributed by atoms with Gasteiger partial charge in [-0.2, -0.15) is 9.36 Å². The first kappa shape index (κ1) is 32.9. The number of nitrogens with zero attached hydrogens (tertiary/aromatic N) is 4. The molecule has 0 aliphatic carbocycles. The number of carbonyl (C=O) groups excluding carboxylic acids is 4. The van der Waals surface area contributed by atoms with Gasteiger partial charge in [0.05, 0.1) is 7.11 Å². The van der Waals surface area contributed by atoms with E-state index in [1.165, 1.54) is 23.8 Å². The van der Waals surface area contributed by atoms with E-state index in [4.69, 9.17) is 25.8 Å². The van der Waals surface area contributed by atoms with Crippen molar-refractivity contribution in [2.45, 2.75) is 44.4 Å². The summed E-state index contributed by atoms with van der Waals surface area (Å²) in [6.45, 7) is 3.62. The van der Waals surface area contributed by atoms with Crippen LogP contribution in [0.2, 0.25) is 0 Å². The van der Waals surface area contributed by atoms with E-state index >= 15 is 0 Å². The largest absolute Gasteiger partial charge is 0.497 e. The molecular formula is C26H28ClFN6O8S2. The first-order valence-corrected chi connectivity index (χ1v) is 15.2. The zero-order valence-electron chi connectivity index (χ0n) is 23.9. The number of fused-ring (bicyclic) bond motifs is 1. The molecule has 4 rings (SSSR count). The summed E-state index contributed by atoms with van der Waals surface area (Å²) in [6, 6.07) is 5.84. The smallest absolute Gasteiger partial charge is 0.414 e. The van der Waals surface area contributed by atoms with Gasteiger partial charge in [0.2, 0.25) is 16.7 Å². The maximum absolute atomic E-state index is 13.2. The molecular weight excluding hydrogens is 643 g/mol. The number of benzene rings is 1. The molecule has 3 amide bonds. The number of carbonyl (C=O) groups is 4. The summed E-state index contributed by atoms with van der Waals surface area (Å²) < 4.78 is 32.5. The van der Waals surface area contributed by atoms with Crippen LogP contribution < -0.4 is 15.4 Å². The summed E-state index contributed by atoms with van der Waals surface area (Å²) >= 11 is 8.09. The van der Waals surface area contributed by atoms with Crippen LogP contribution >= 0.6 is 34.9 Å². The third kappa shape index (κ3) is 7.75. The molecule has 1 aromatic heterocycles. The maximum atomic E-state index is 13.2. The first-order valence-electron chi connectivity index (χ1n) is 12.9. The van der Waals surface area contributed by atoms with Gasteiger partial charge in [-0.25, -0.2) is 14.0 Å². The number of oxime groups is 1. The monoisotopic (exact) mass is 670 g/mol. The standard InChI is InChI=1S/C26H28ClFN6O8S2/c1-26(2,3)42-25(38)31-24-30-19(33-44-24)16(32-41-12-28)20(35)29-17-21(36)34-18(14(9-27)11-43-22(17)34)23(37)40-10-13-5-7-15(39-4)8-6-13/h5-8,17,22H,9-12H2,1-4H3,(H,29,35)(H,30,31,33,38)/b32-16-. The second-order valence-electron chi connectivity index (χ2n) is 10.1. The van der Waals surface area contributed by atoms with Crippen molar-refractivity contribution >= 4 is 69.6 Å². The Labute approximate surface area is 264 Å². The van der Waals surface area contributed by atoms with Gasteiger partial charge in [-0.1, -0.05) is 17.3 Å². The molecule has 2 atom stereocenters. The number of rotatable bonds is 11. The van der Waals surface area contributed by atoms with E-state index in [-0.39, 0.29) is 29.1 Å². The molecule has 2 aromatic rings. The van der Waals surface area contributed by atoms with E-state index in [0.717, 1.165) is 0 Å². The number of hydrogen-bond donors (Lipinski definition) is 2. The Morgan fingerprint density at radius 3 is 2.59 bits per heavy atom. The van der Waals surface area contributed by atoms with Gasteiger partial charge in [0.1, 0.15) is 35.1 Å². The van der Waals surface area contributed by atoms with Crippen molar-refractivity contribution in [2.75, 3.05) is 30.9 Å². The lowest BCUT2D eigenvalue weighted by atomic mass is 10.0. The van der Waals surface area contributed by atoms with Crippen LogP contribution in [0.1, 0.15) is 32.2 Å². The Hall–Kier alpha value is -3.96. The van der Waals surface area contributed by atoms with Crippen molar-refractivity contribution in [1.29, 1.82) is 0 Å². The van der Waals surface area contributed by atoms with Crippen LogP contribution in [0.4, 0.5) is 14.3 Å². The zero-order valence-corrected chi connectivity index (χ0v) is 26.3.